The zero-order valence-electron chi connectivity index (χ0n) is 52.0. The van der Waals surface area contributed by atoms with Crippen LogP contribution in [0.4, 0.5) is 0 Å². The Labute approximate surface area is 494 Å². The highest BCUT2D eigenvalue weighted by Gasteiger charge is 2.19. The van der Waals surface area contributed by atoms with Gasteiger partial charge in [-0.25, -0.2) is 0 Å². The van der Waals surface area contributed by atoms with Gasteiger partial charge in [0.15, 0.2) is 6.10 Å². The molecular weight excluding hydrogens is 985 g/mol. The fraction of sp³-hybridized carbons (Fsp3) is 0.662. The molecule has 0 aromatic rings. The molecule has 0 amide bonds. The van der Waals surface area contributed by atoms with Crippen LogP contribution in [0.1, 0.15) is 297 Å². The molecule has 0 N–H and O–H groups in total. The Bertz CT molecular complexity index is 1700. The smallest absolute Gasteiger partial charge is 0.306 e. The number of hydrogen-bond donors (Lipinski definition) is 0. The van der Waals surface area contributed by atoms with E-state index in [9.17, 15) is 14.4 Å². The average molecular weight is 1110 g/mol. The van der Waals surface area contributed by atoms with Gasteiger partial charge < -0.3 is 14.2 Å². The maximum Gasteiger partial charge on any atom is 0.306 e. The maximum absolute atomic E-state index is 12.9. The third-order valence-corrected chi connectivity index (χ3v) is 13.9. The molecule has 6 nitrogen and oxygen atoms in total. The highest BCUT2D eigenvalue weighted by Crippen LogP contribution is 2.16. The standard InChI is InChI=1S/C74H122O6/c1-4-7-10-13-16-19-22-25-27-29-31-32-33-34-35-36-37-38-39-40-41-42-43-45-46-49-52-55-58-61-64-67-73(76)79-70-71(69-78-72(75)66-63-60-57-54-51-48-24-21-18-15-12-9-6-3)80-74(77)68-65-62-59-56-53-50-47-44-30-28-26-23-20-17-14-11-8-5-2/h7,10,12,15-16,19,21,24-25,27,31-32,34-35,37-38,40-41,43,45,49,52,71H,4-6,8-9,11,13-14,17-18,20,22-23,26,28-30,33,36,39,42,44,46-48,50-51,53-70H2,1-3H3/b10-7-,15-12-,19-16-,24-21-,27-25-,32-31-,35-34-,38-37-,41-40-,45-43-,52-49-. The lowest BCUT2D eigenvalue weighted by molar-refractivity contribution is -0.167. The van der Waals surface area contributed by atoms with Crippen molar-refractivity contribution in [3.8, 4) is 0 Å². The summed E-state index contributed by atoms with van der Waals surface area (Å²) in [5.41, 5.74) is 0. The molecule has 454 valence electrons. The van der Waals surface area contributed by atoms with Crippen molar-refractivity contribution in [1.82, 2.24) is 0 Å². The van der Waals surface area contributed by atoms with Crippen LogP contribution in [0.15, 0.2) is 134 Å². The summed E-state index contributed by atoms with van der Waals surface area (Å²) < 4.78 is 16.9. The molecule has 0 aromatic carbocycles. The predicted octanol–water partition coefficient (Wildman–Crippen LogP) is 22.9. The lowest BCUT2D eigenvalue weighted by atomic mass is 10.0. The van der Waals surface area contributed by atoms with Crippen LogP contribution in [0.5, 0.6) is 0 Å². The molecule has 0 aliphatic rings. The zero-order valence-corrected chi connectivity index (χ0v) is 52.0. The molecule has 0 radical (unpaired) electrons. The lowest BCUT2D eigenvalue weighted by Crippen LogP contribution is -2.30. The summed E-state index contributed by atoms with van der Waals surface area (Å²) in [6.07, 6.45) is 94.6. The zero-order chi connectivity index (χ0) is 57.8. The first-order valence-corrected chi connectivity index (χ1v) is 33.2. The number of esters is 3. The van der Waals surface area contributed by atoms with Crippen molar-refractivity contribution in [1.29, 1.82) is 0 Å². The van der Waals surface area contributed by atoms with Crippen molar-refractivity contribution in [2.24, 2.45) is 0 Å². The van der Waals surface area contributed by atoms with Crippen LogP contribution in [0, 0.1) is 0 Å². The van der Waals surface area contributed by atoms with Gasteiger partial charge in [0.25, 0.3) is 0 Å². The van der Waals surface area contributed by atoms with Gasteiger partial charge in [0.2, 0.25) is 0 Å². The fourth-order valence-corrected chi connectivity index (χ4v) is 8.94. The van der Waals surface area contributed by atoms with Crippen molar-refractivity contribution in [3.05, 3.63) is 134 Å². The molecule has 0 rings (SSSR count). The number of ether oxygens (including phenoxy) is 3. The van der Waals surface area contributed by atoms with E-state index in [0.717, 1.165) is 154 Å². The SMILES string of the molecule is CC/C=C\C/C=C\C/C=C\C/C=C\C/C=C\C/C=C\C/C=C\C/C=C\C/C=C\CCCCCC(=O)OCC(COC(=O)CCCCCCC/C=C\C/C=C\CCC)OC(=O)CCCCCCCCCCCCCCCCCCCC. The number of rotatable bonds is 59. The highest BCUT2D eigenvalue weighted by molar-refractivity contribution is 5.71. The van der Waals surface area contributed by atoms with Gasteiger partial charge in [-0.3, -0.25) is 14.4 Å². The summed E-state index contributed by atoms with van der Waals surface area (Å²) >= 11 is 0. The molecule has 0 saturated carbocycles. The van der Waals surface area contributed by atoms with E-state index in [-0.39, 0.29) is 31.1 Å². The molecule has 0 aromatic heterocycles. The molecule has 1 atom stereocenters. The number of carbonyl (C=O) groups excluding carboxylic acids is 3. The van der Waals surface area contributed by atoms with Crippen molar-refractivity contribution < 1.29 is 28.6 Å². The second-order valence-electron chi connectivity index (χ2n) is 21.6. The molecule has 80 heavy (non-hydrogen) atoms. The fourth-order valence-electron chi connectivity index (χ4n) is 8.94. The number of allylic oxidation sites excluding steroid dienone is 22. The van der Waals surface area contributed by atoms with Gasteiger partial charge in [0, 0.05) is 19.3 Å². The number of hydrogen-bond acceptors (Lipinski definition) is 6. The van der Waals surface area contributed by atoms with Gasteiger partial charge in [0.05, 0.1) is 0 Å². The first-order chi connectivity index (χ1) is 39.5. The summed E-state index contributed by atoms with van der Waals surface area (Å²) in [4.78, 5) is 38.3. The minimum atomic E-state index is -0.801. The number of carbonyl (C=O) groups is 3. The van der Waals surface area contributed by atoms with Crippen LogP contribution in [0.2, 0.25) is 0 Å². The van der Waals surface area contributed by atoms with Crippen molar-refractivity contribution >= 4 is 17.9 Å². The summed E-state index contributed by atoms with van der Waals surface area (Å²) in [7, 11) is 0. The Morgan fingerprint density at radius 2 is 0.512 bits per heavy atom. The summed E-state index contributed by atoms with van der Waals surface area (Å²) in [5.74, 6) is -0.938. The quantitative estimate of drug-likeness (QED) is 0.0261. The van der Waals surface area contributed by atoms with E-state index < -0.39 is 6.10 Å². The molecule has 1 unspecified atom stereocenters. The largest absolute Gasteiger partial charge is 0.462 e. The second kappa shape index (κ2) is 67.1. The molecule has 0 spiro atoms. The average Bonchev–Trinajstić information content (AvgIpc) is 3.46. The molecule has 6 heteroatoms. The van der Waals surface area contributed by atoms with Crippen LogP contribution < -0.4 is 0 Å². The minimum absolute atomic E-state index is 0.0970. The van der Waals surface area contributed by atoms with Gasteiger partial charge in [-0.15, -0.1) is 0 Å². The normalized spacial score (nSPS) is 13.0. The van der Waals surface area contributed by atoms with Crippen molar-refractivity contribution in [2.75, 3.05) is 13.2 Å². The van der Waals surface area contributed by atoms with Crippen LogP contribution in [-0.2, 0) is 28.6 Å². The third kappa shape index (κ3) is 64.4. The Balaban J connectivity index is 4.38. The summed E-state index contributed by atoms with van der Waals surface area (Å²) in [5, 5.41) is 0. The van der Waals surface area contributed by atoms with Crippen LogP contribution in [-0.4, -0.2) is 37.2 Å². The second-order valence-corrected chi connectivity index (χ2v) is 21.6. The molecule has 0 heterocycles. The maximum atomic E-state index is 12.9. The molecule has 0 aliphatic heterocycles. The topological polar surface area (TPSA) is 78.9 Å². The minimum Gasteiger partial charge on any atom is -0.462 e. The lowest BCUT2D eigenvalue weighted by Gasteiger charge is -2.18. The highest BCUT2D eigenvalue weighted by atomic mass is 16.6. The summed E-state index contributed by atoms with van der Waals surface area (Å²) in [6.45, 7) is 6.44. The number of unbranched alkanes of at least 4 members (excludes halogenated alkanes) is 26. The van der Waals surface area contributed by atoms with Gasteiger partial charge in [-0.2, -0.15) is 0 Å². The van der Waals surface area contributed by atoms with Gasteiger partial charge in [-0.05, 0) is 116 Å². The Morgan fingerprint density at radius 1 is 0.263 bits per heavy atom. The van der Waals surface area contributed by atoms with Gasteiger partial charge in [-0.1, -0.05) is 296 Å². The molecule has 0 saturated heterocycles. The van der Waals surface area contributed by atoms with E-state index in [2.05, 4.69) is 154 Å². The molecular formula is C74H122O6. The summed E-state index contributed by atoms with van der Waals surface area (Å²) in [6, 6.07) is 0. The van der Waals surface area contributed by atoms with E-state index in [1.165, 1.54) is 103 Å². The van der Waals surface area contributed by atoms with Gasteiger partial charge >= 0.3 is 17.9 Å². The Kier molecular flexibility index (Phi) is 63.3. The molecule has 0 fully saturated rings. The van der Waals surface area contributed by atoms with Crippen LogP contribution >= 0.6 is 0 Å². The Morgan fingerprint density at radius 3 is 0.825 bits per heavy atom. The van der Waals surface area contributed by atoms with E-state index in [4.69, 9.17) is 14.2 Å². The molecule has 0 bridgehead atoms. The van der Waals surface area contributed by atoms with E-state index in [1.54, 1.807) is 0 Å². The van der Waals surface area contributed by atoms with Crippen LogP contribution in [0.3, 0.4) is 0 Å². The van der Waals surface area contributed by atoms with Crippen molar-refractivity contribution in [3.63, 3.8) is 0 Å². The Hall–Kier alpha value is -4.45. The van der Waals surface area contributed by atoms with Gasteiger partial charge in [0.1, 0.15) is 13.2 Å². The van der Waals surface area contributed by atoms with Crippen LogP contribution in [0.25, 0.3) is 0 Å². The van der Waals surface area contributed by atoms with Crippen molar-refractivity contribution in [2.45, 2.75) is 303 Å². The van der Waals surface area contributed by atoms with E-state index in [0.29, 0.717) is 19.3 Å². The van der Waals surface area contributed by atoms with E-state index >= 15 is 0 Å². The van der Waals surface area contributed by atoms with E-state index in [1.807, 2.05) is 0 Å². The third-order valence-electron chi connectivity index (χ3n) is 13.9. The molecule has 0 aliphatic carbocycles. The first kappa shape index (κ1) is 75.5. The first-order valence-electron chi connectivity index (χ1n) is 33.2. The predicted molar refractivity (Wildman–Crippen MR) is 348 cm³/mol. The monoisotopic (exact) mass is 1110 g/mol.